The third-order valence-corrected chi connectivity index (χ3v) is 4.95. The van der Waals surface area contributed by atoms with Crippen LogP contribution < -0.4 is 4.74 Å². The molecule has 0 unspecified atom stereocenters. The number of carbonyl (C=O) groups excluding carboxylic acids is 1. The molecule has 0 saturated carbocycles. The molecule has 0 spiro atoms. The van der Waals surface area contributed by atoms with E-state index in [4.69, 9.17) is 17.0 Å². The van der Waals surface area contributed by atoms with Gasteiger partial charge in [-0.3, -0.25) is 9.69 Å². The molecule has 7 heteroatoms. The van der Waals surface area contributed by atoms with Crippen molar-refractivity contribution in [2.75, 3.05) is 13.2 Å². The quantitative estimate of drug-likeness (QED) is 0.592. The second-order valence-corrected chi connectivity index (χ2v) is 7.15. The van der Waals surface area contributed by atoms with Crippen molar-refractivity contribution in [1.29, 1.82) is 0 Å². The fraction of sp³-hybridized carbons (Fsp3) is 0.333. The van der Waals surface area contributed by atoms with Gasteiger partial charge < -0.3 is 9.84 Å². The molecular weight excluding hydrogens is 386 g/mol. The molecule has 118 valence electrons. The molecule has 0 atom stereocenters. The van der Waals surface area contributed by atoms with Crippen molar-refractivity contribution in [1.82, 2.24) is 4.90 Å². The van der Waals surface area contributed by atoms with Gasteiger partial charge in [-0.15, -0.1) is 0 Å². The number of benzene rings is 1. The number of phenolic OH excluding ortho intramolecular Hbond substituents is 1. The lowest BCUT2D eigenvalue weighted by Crippen LogP contribution is -2.28. The first-order chi connectivity index (χ1) is 10.5. The van der Waals surface area contributed by atoms with Crippen molar-refractivity contribution in [3.63, 3.8) is 0 Å². The molecule has 2 rings (SSSR count). The van der Waals surface area contributed by atoms with E-state index in [1.165, 1.54) is 11.8 Å². The number of thioether (sulfide) groups is 1. The van der Waals surface area contributed by atoms with Crippen LogP contribution in [0.4, 0.5) is 0 Å². The van der Waals surface area contributed by atoms with Crippen molar-refractivity contribution < 1.29 is 14.6 Å². The number of aromatic hydroxyl groups is 1. The molecule has 1 aliphatic rings. The van der Waals surface area contributed by atoms with E-state index >= 15 is 0 Å². The summed E-state index contributed by atoms with van der Waals surface area (Å²) in [4.78, 5) is 14.5. The van der Waals surface area contributed by atoms with Crippen LogP contribution >= 0.6 is 39.9 Å². The summed E-state index contributed by atoms with van der Waals surface area (Å²) in [6, 6.07) is 3.44. The molecule has 1 fully saturated rings. The highest BCUT2D eigenvalue weighted by atomic mass is 79.9. The highest BCUT2D eigenvalue weighted by molar-refractivity contribution is 9.10. The summed E-state index contributed by atoms with van der Waals surface area (Å²) in [6.07, 6.45) is 2.63. The number of phenols is 1. The number of rotatable bonds is 5. The van der Waals surface area contributed by atoms with Crippen LogP contribution in [0.2, 0.25) is 0 Å². The molecule has 1 aromatic rings. The van der Waals surface area contributed by atoms with Crippen molar-refractivity contribution in [2.24, 2.45) is 0 Å². The zero-order valence-electron chi connectivity index (χ0n) is 12.3. The molecule has 0 aromatic heterocycles. The number of thiocarbonyl (C=S) groups is 1. The van der Waals surface area contributed by atoms with Gasteiger partial charge in [0, 0.05) is 6.54 Å². The lowest BCUT2D eigenvalue weighted by atomic mass is 10.2. The zero-order chi connectivity index (χ0) is 16.3. The van der Waals surface area contributed by atoms with Gasteiger partial charge in [-0.1, -0.05) is 30.9 Å². The van der Waals surface area contributed by atoms with Crippen LogP contribution in [0.15, 0.2) is 21.5 Å². The fourth-order valence-corrected chi connectivity index (χ4v) is 3.78. The van der Waals surface area contributed by atoms with Gasteiger partial charge in [-0.25, -0.2) is 0 Å². The largest absolute Gasteiger partial charge is 0.503 e. The number of ether oxygens (including phenoxy) is 1. The Labute approximate surface area is 147 Å². The fourth-order valence-electron chi connectivity index (χ4n) is 2.01. The number of nitrogens with zero attached hydrogens (tertiary/aromatic N) is 1. The minimum Gasteiger partial charge on any atom is -0.503 e. The molecule has 1 amide bonds. The summed E-state index contributed by atoms with van der Waals surface area (Å²) in [7, 11) is 0. The summed E-state index contributed by atoms with van der Waals surface area (Å²) in [6.45, 7) is 4.93. The predicted octanol–water partition coefficient (Wildman–Crippen LogP) is 4.16. The van der Waals surface area contributed by atoms with E-state index in [2.05, 4.69) is 15.9 Å². The standard InChI is InChI=1S/C15H16BrNO3S2/c1-3-5-17-14(19)12(22-15(17)21)8-9-6-10(16)13(18)11(7-9)20-4-2/h6-8,18H,3-5H2,1-2H3/b12-8-. The average Bonchev–Trinajstić information content (AvgIpc) is 2.72. The van der Waals surface area contributed by atoms with Gasteiger partial charge in [0.05, 0.1) is 16.0 Å². The van der Waals surface area contributed by atoms with Crippen LogP contribution in [0.25, 0.3) is 6.08 Å². The summed E-state index contributed by atoms with van der Waals surface area (Å²) < 4.78 is 6.50. The number of hydrogen-bond acceptors (Lipinski definition) is 5. The first kappa shape index (κ1) is 17.3. The molecular formula is C15H16BrNO3S2. The van der Waals surface area contributed by atoms with E-state index in [0.717, 1.165) is 12.0 Å². The van der Waals surface area contributed by atoms with E-state index in [0.29, 0.717) is 32.6 Å². The highest BCUT2D eigenvalue weighted by Crippen LogP contribution is 2.38. The second-order valence-electron chi connectivity index (χ2n) is 4.62. The lowest BCUT2D eigenvalue weighted by molar-refractivity contribution is -0.122. The molecule has 22 heavy (non-hydrogen) atoms. The number of hydrogen-bond donors (Lipinski definition) is 1. The summed E-state index contributed by atoms with van der Waals surface area (Å²) in [5, 5.41) is 9.93. The summed E-state index contributed by atoms with van der Waals surface area (Å²) in [5.74, 6) is 0.365. The maximum Gasteiger partial charge on any atom is 0.266 e. The van der Waals surface area contributed by atoms with E-state index in [1.807, 2.05) is 13.8 Å². The Hall–Kier alpha value is -1.05. The van der Waals surface area contributed by atoms with E-state index in [9.17, 15) is 9.90 Å². The smallest absolute Gasteiger partial charge is 0.266 e. The molecule has 1 saturated heterocycles. The monoisotopic (exact) mass is 401 g/mol. The highest BCUT2D eigenvalue weighted by Gasteiger charge is 2.31. The Morgan fingerprint density at radius 1 is 1.45 bits per heavy atom. The molecule has 1 aromatic carbocycles. The number of halogens is 1. The van der Waals surface area contributed by atoms with Gasteiger partial charge in [0.25, 0.3) is 5.91 Å². The summed E-state index contributed by atoms with van der Waals surface area (Å²) >= 11 is 9.83. The summed E-state index contributed by atoms with van der Waals surface area (Å²) in [5.41, 5.74) is 0.769. The van der Waals surface area contributed by atoms with Crippen LogP contribution in [0.3, 0.4) is 0 Å². The van der Waals surface area contributed by atoms with Gasteiger partial charge in [0.1, 0.15) is 4.32 Å². The average molecular weight is 402 g/mol. The van der Waals surface area contributed by atoms with Crippen LogP contribution in [0.1, 0.15) is 25.8 Å². The third-order valence-electron chi connectivity index (χ3n) is 2.97. The Morgan fingerprint density at radius 2 is 2.18 bits per heavy atom. The van der Waals surface area contributed by atoms with Crippen LogP contribution in [0.5, 0.6) is 11.5 Å². The minimum absolute atomic E-state index is 0.0533. The van der Waals surface area contributed by atoms with Gasteiger partial charge >= 0.3 is 0 Å². The van der Waals surface area contributed by atoms with Gasteiger partial charge in [-0.2, -0.15) is 0 Å². The third kappa shape index (κ3) is 3.64. The molecule has 4 nitrogen and oxygen atoms in total. The molecule has 0 bridgehead atoms. The maximum atomic E-state index is 12.3. The predicted molar refractivity (Wildman–Crippen MR) is 97.1 cm³/mol. The van der Waals surface area contributed by atoms with E-state index < -0.39 is 0 Å². The first-order valence-corrected chi connectivity index (χ1v) is 8.90. The molecule has 1 aliphatic heterocycles. The zero-order valence-corrected chi connectivity index (χ0v) is 15.5. The Balaban J connectivity index is 2.33. The van der Waals surface area contributed by atoms with Gasteiger partial charge in [0.15, 0.2) is 11.5 Å². The van der Waals surface area contributed by atoms with E-state index in [-0.39, 0.29) is 11.7 Å². The van der Waals surface area contributed by atoms with Crippen molar-refractivity contribution >= 4 is 56.2 Å². The van der Waals surface area contributed by atoms with Crippen molar-refractivity contribution in [3.8, 4) is 11.5 Å². The van der Waals surface area contributed by atoms with Crippen LogP contribution in [0, 0.1) is 0 Å². The second kappa shape index (κ2) is 7.48. The first-order valence-electron chi connectivity index (χ1n) is 6.88. The normalized spacial score (nSPS) is 16.7. The van der Waals surface area contributed by atoms with Gasteiger partial charge in [-0.05, 0) is 53.0 Å². The number of carbonyl (C=O) groups is 1. The van der Waals surface area contributed by atoms with Gasteiger partial charge in [0.2, 0.25) is 0 Å². The molecule has 1 N–H and O–H groups in total. The topological polar surface area (TPSA) is 49.8 Å². The lowest BCUT2D eigenvalue weighted by Gasteiger charge is -2.12. The number of amides is 1. The maximum absolute atomic E-state index is 12.3. The van der Waals surface area contributed by atoms with E-state index in [1.54, 1.807) is 23.1 Å². The Kier molecular flexibility index (Phi) is 5.88. The Bertz CT molecular complexity index is 646. The van der Waals surface area contributed by atoms with Crippen LogP contribution in [-0.4, -0.2) is 33.4 Å². The Morgan fingerprint density at radius 3 is 2.82 bits per heavy atom. The minimum atomic E-state index is -0.0704. The van der Waals surface area contributed by atoms with Crippen molar-refractivity contribution in [2.45, 2.75) is 20.3 Å². The SMILES string of the molecule is CCCN1C(=O)/C(=C/c2cc(Br)c(O)c(OCC)c2)SC1=S. The molecule has 0 radical (unpaired) electrons. The van der Waals surface area contributed by atoms with Crippen molar-refractivity contribution in [3.05, 3.63) is 27.1 Å². The van der Waals surface area contributed by atoms with Crippen LogP contribution in [-0.2, 0) is 4.79 Å². The molecule has 1 heterocycles. The molecule has 0 aliphatic carbocycles.